The second-order valence-corrected chi connectivity index (χ2v) is 12.2. The second-order valence-electron chi connectivity index (χ2n) is 10.6. The van der Waals surface area contributed by atoms with Crippen molar-refractivity contribution in [2.75, 3.05) is 21.3 Å². The number of nitrogens with zero attached hydrogens (tertiary/aromatic N) is 1. The van der Waals surface area contributed by atoms with Crippen LogP contribution in [-0.2, 0) is 26.3 Å². The number of ether oxygens (including phenoxy) is 2. The molecule has 0 atom stereocenters. The number of esters is 1. The summed E-state index contributed by atoms with van der Waals surface area (Å²) >= 11 is 0. The Labute approximate surface area is 229 Å². The van der Waals surface area contributed by atoms with Gasteiger partial charge in [-0.1, -0.05) is 25.3 Å². The zero-order chi connectivity index (χ0) is 27.8. The standard InChI is InChI=1S/C29H35N3O6S/c1-30-39(35,36)31-27(33)21-11-14-23-24(17-21)32(18-29(15-16-29)28(34)38-3)26(20-9-12-22(37-2)13-10-20)25(23)19-7-5-4-6-8-19/h9-14,17,19,30H,4-8,15-16,18H2,1-3H3,(H,31,33). The Kier molecular flexibility index (Phi) is 7.43. The summed E-state index contributed by atoms with van der Waals surface area (Å²) in [5, 5.41) is 1.02. The molecular formula is C29H35N3O6S. The number of rotatable bonds is 9. The summed E-state index contributed by atoms with van der Waals surface area (Å²) in [5.74, 6) is 0.118. The predicted octanol–water partition coefficient (Wildman–Crippen LogP) is 4.51. The van der Waals surface area contributed by atoms with Gasteiger partial charge in [0, 0.05) is 30.1 Å². The summed E-state index contributed by atoms with van der Waals surface area (Å²) in [5.41, 5.74) is 3.63. The van der Waals surface area contributed by atoms with Gasteiger partial charge in [-0.05, 0) is 79.1 Å². The van der Waals surface area contributed by atoms with E-state index in [0.29, 0.717) is 12.5 Å². The van der Waals surface area contributed by atoms with Gasteiger partial charge in [-0.2, -0.15) is 8.42 Å². The molecule has 2 aromatic carbocycles. The third-order valence-electron chi connectivity index (χ3n) is 8.17. The molecule has 1 heterocycles. The maximum Gasteiger partial charge on any atom is 0.313 e. The Bertz CT molecular complexity index is 1500. The molecule has 0 radical (unpaired) electrons. The largest absolute Gasteiger partial charge is 0.497 e. The van der Waals surface area contributed by atoms with Crippen molar-refractivity contribution in [2.45, 2.75) is 57.4 Å². The van der Waals surface area contributed by atoms with Crippen molar-refractivity contribution in [3.8, 4) is 17.0 Å². The average Bonchev–Trinajstić information content (AvgIpc) is 3.68. The molecule has 1 aromatic heterocycles. The predicted molar refractivity (Wildman–Crippen MR) is 149 cm³/mol. The highest BCUT2D eigenvalue weighted by atomic mass is 32.2. The fourth-order valence-corrected chi connectivity index (χ4v) is 6.34. The van der Waals surface area contributed by atoms with Crippen LogP contribution in [0.15, 0.2) is 42.5 Å². The van der Waals surface area contributed by atoms with Gasteiger partial charge in [0.1, 0.15) is 5.75 Å². The summed E-state index contributed by atoms with van der Waals surface area (Å²) < 4.78 is 40.9. The maximum absolute atomic E-state index is 12.9. The highest BCUT2D eigenvalue weighted by molar-refractivity contribution is 7.88. The van der Waals surface area contributed by atoms with Crippen LogP contribution in [0.1, 0.15) is 66.8 Å². The minimum absolute atomic E-state index is 0.222. The molecule has 2 aliphatic carbocycles. The van der Waals surface area contributed by atoms with Crippen LogP contribution in [-0.4, -0.2) is 46.1 Å². The van der Waals surface area contributed by atoms with Crippen molar-refractivity contribution in [1.82, 2.24) is 14.0 Å². The number of carbonyl (C=O) groups excluding carboxylic acids is 2. The van der Waals surface area contributed by atoms with Crippen LogP contribution in [0.2, 0.25) is 0 Å². The molecule has 2 saturated carbocycles. The lowest BCUT2D eigenvalue weighted by atomic mass is 9.81. The van der Waals surface area contributed by atoms with Crippen LogP contribution in [0.25, 0.3) is 22.2 Å². The number of methoxy groups -OCH3 is 2. The number of benzene rings is 2. The molecule has 0 saturated heterocycles. The van der Waals surface area contributed by atoms with Gasteiger partial charge in [-0.15, -0.1) is 0 Å². The van der Waals surface area contributed by atoms with E-state index in [2.05, 4.69) is 9.29 Å². The molecule has 0 unspecified atom stereocenters. The summed E-state index contributed by atoms with van der Waals surface area (Å²) in [4.78, 5) is 25.8. The van der Waals surface area contributed by atoms with Crippen LogP contribution in [0.4, 0.5) is 0 Å². The maximum atomic E-state index is 12.9. The molecule has 9 nitrogen and oxygen atoms in total. The number of carbonyl (C=O) groups is 2. The van der Waals surface area contributed by atoms with Crippen LogP contribution >= 0.6 is 0 Å². The summed E-state index contributed by atoms with van der Waals surface area (Å²) in [7, 11) is 0.324. The number of nitrogens with one attached hydrogen (secondary N) is 2. The van der Waals surface area contributed by atoms with E-state index in [-0.39, 0.29) is 11.5 Å². The summed E-state index contributed by atoms with van der Waals surface area (Å²) in [6.07, 6.45) is 7.08. The lowest BCUT2D eigenvalue weighted by Crippen LogP contribution is -2.38. The van der Waals surface area contributed by atoms with Crippen molar-refractivity contribution in [2.24, 2.45) is 5.41 Å². The fourth-order valence-electron chi connectivity index (χ4n) is 5.88. The van der Waals surface area contributed by atoms with E-state index in [1.807, 2.05) is 35.1 Å². The molecule has 0 bridgehead atoms. The quantitative estimate of drug-likeness (QED) is 0.377. The Morgan fingerprint density at radius 1 is 1.03 bits per heavy atom. The van der Waals surface area contributed by atoms with Crippen molar-refractivity contribution < 1.29 is 27.5 Å². The van der Waals surface area contributed by atoms with Gasteiger partial charge in [0.15, 0.2) is 0 Å². The molecule has 2 fully saturated rings. The second kappa shape index (κ2) is 10.7. The zero-order valence-corrected chi connectivity index (χ0v) is 23.4. The Hall–Kier alpha value is -3.37. The third kappa shape index (κ3) is 5.27. The first kappa shape index (κ1) is 27.2. The zero-order valence-electron chi connectivity index (χ0n) is 22.6. The number of hydrogen-bond donors (Lipinski definition) is 2. The third-order valence-corrected chi connectivity index (χ3v) is 9.16. The van der Waals surface area contributed by atoms with Crippen LogP contribution in [0, 0.1) is 5.41 Å². The van der Waals surface area contributed by atoms with E-state index >= 15 is 0 Å². The Morgan fingerprint density at radius 2 is 1.72 bits per heavy atom. The number of hydrogen-bond acceptors (Lipinski definition) is 6. The van der Waals surface area contributed by atoms with Gasteiger partial charge in [0.2, 0.25) is 0 Å². The average molecular weight is 554 g/mol. The number of aromatic nitrogens is 1. The van der Waals surface area contributed by atoms with Gasteiger partial charge < -0.3 is 14.0 Å². The van der Waals surface area contributed by atoms with Crippen LogP contribution in [0.5, 0.6) is 5.75 Å². The Balaban J connectivity index is 1.74. The molecule has 0 aliphatic heterocycles. The smallest absolute Gasteiger partial charge is 0.313 e. The first-order chi connectivity index (χ1) is 18.7. The first-order valence-electron chi connectivity index (χ1n) is 13.4. The SMILES string of the molecule is CNS(=O)(=O)NC(=O)c1ccc2c(C3CCCCC3)c(-c3ccc(OC)cc3)n(CC3(C(=O)OC)CC3)c2c1. The minimum atomic E-state index is -3.96. The van der Waals surface area contributed by atoms with Crippen LogP contribution < -0.4 is 14.2 Å². The molecule has 0 spiro atoms. The van der Waals surface area contributed by atoms with Gasteiger partial charge in [-0.25, -0.2) is 9.44 Å². The molecule has 2 N–H and O–H groups in total. The van der Waals surface area contributed by atoms with Gasteiger partial charge in [0.05, 0.1) is 25.3 Å². The summed E-state index contributed by atoms with van der Waals surface area (Å²) in [6.45, 7) is 0.407. The number of amides is 1. The Morgan fingerprint density at radius 3 is 2.31 bits per heavy atom. The van der Waals surface area contributed by atoms with Crippen LogP contribution in [0.3, 0.4) is 0 Å². The first-order valence-corrected chi connectivity index (χ1v) is 14.8. The topological polar surface area (TPSA) is 116 Å². The van der Waals surface area contributed by atoms with E-state index in [1.54, 1.807) is 19.2 Å². The van der Waals surface area contributed by atoms with Gasteiger partial charge in [-0.3, -0.25) is 9.59 Å². The van der Waals surface area contributed by atoms with E-state index in [4.69, 9.17) is 9.47 Å². The van der Waals surface area contributed by atoms with E-state index in [0.717, 1.165) is 66.4 Å². The van der Waals surface area contributed by atoms with E-state index in [1.165, 1.54) is 26.1 Å². The number of fused-ring (bicyclic) bond motifs is 1. The highest BCUT2D eigenvalue weighted by Crippen LogP contribution is 2.51. The summed E-state index contributed by atoms with van der Waals surface area (Å²) in [6, 6.07) is 13.2. The van der Waals surface area contributed by atoms with Gasteiger partial charge >= 0.3 is 16.2 Å². The monoisotopic (exact) mass is 553 g/mol. The minimum Gasteiger partial charge on any atom is -0.497 e. The highest BCUT2D eigenvalue weighted by Gasteiger charge is 2.52. The van der Waals surface area contributed by atoms with E-state index < -0.39 is 21.5 Å². The normalized spacial score (nSPS) is 17.1. The van der Waals surface area contributed by atoms with E-state index in [9.17, 15) is 18.0 Å². The molecule has 39 heavy (non-hydrogen) atoms. The van der Waals surface area contributed by atoms with Gasteiger partial charge in [0.25, 0.3) is 5.91 Å². The van der Waals surface area contributed by atoms with Crippen molar-refractivity contribution >= 4 is 33.0 Å². The molecule has 2 aliphatic rings. The lowest BCUT2D eigenvalue weighted by molar-refractivity contribution is -0.147. The molecule has 208 valence electrons. The molecule has 3 aromatic rings. The van der Waals surface area contributed by atoms with Crippen molar-refractivity contribution in [3.05, 3.63) is 53.6 Å². The van der Waals surface area contributed by atoms with Crippen molar-refractivity contribution in [3.63, 3.8) is 0 Å². The lowest BCUT2D eigenvalue weighted by Gasteiger charge is -2.24. The van der Waals surface area contributed by atoms with Crippen molar-refractivity contribution in [1.29, 1.82) is 0 Å². The molecule has 10 heteroatoms. The molecule has 5 rings (SSSR count). The molecule has 1 amide bonds. The fraction of sp³-hybridized carbons (Fsp3) is 0.448. The molecular weight excluding hydrogens is 518 g/mol.